The fourth-order valence-corrected chi connectivity index (χ4v) is 4.22. The second kappa shape index (κ2) is 3.82. The lowest BCUT2D eigenvalue weighted by molar-refractivity contribution is 0.0556. The number of aliphatic hydroxyl groups excluding tert-OH is 1. The van der Waals surface area contributed by atoms with Crippen LogP contribution in [-0.2, 0) is 6.42 Å². The molecule has 2 nitrogen and oxygen atoms in total. The van der Waals surface area contributed by atoms with Crippen molar-refractivity contribution in [1.29, 1.82) is 0 Å². The van der Waals surface area contributed by atoms with Crippen LogP contribution in [0.2, 0.25) is 0 Å². The average molecular weight is 243 g/mol. The number of fused-ring (bicyclic) bond motifs is 1. The van der Waals surface area contributed by atoms with E-state index in [0.717, 1.165) is 12.0 Å². The molecule has 2 atom stereocenters. The van der Waals surface area contributed by atoms with Crippen LogP contribution in [0.3, 0.4) is 0 Å². The standard InChI is InChI=1S/C16H21NO/c18-15-13-5-2-1-4-12(13)10-14(15)17-9-8-16(11-17)6-3-7-16/h1-2,4-5,14-15,18H,3,6-11H2. The molecule has 0 amide bonds. The van der Waals surface area contributed by atoms with Gasteiger partial charge in [-0.3, -0.25) is 4.90 Å². The van der Waals surface area contributed by atoms with Crippen molar-refractivity contribution in [3.63, 3.8) is 0 Å². The first-order chi connectivity index (χ1) is 8.77. The minimum atomic E-state index is -0.267. The Kier molecular flexibility index (Phi) is 2.33. The first kappa shape index (κ1) is 11.0. The maximum Gasteiger partial charge on any atom is 0.0951 e. The lowest BCUT2D eigenvalue weighted by atomic mass is 9.68. The first-order valence-electron chi connectivity index (χ1n) is 7.27. The second-order valence-corrected chi connectivity index (χ2v) is 6.49. The number of rotatable bonds is 1. The van der Waals surface area contributed by atoms with Gasteiger partial charge in [0.15, 0.2) is 0 Å². The molecule has 0 aromatic heterocycles. The van der Waals surface area contributed by atoms with E-state index in [1.54, 1.807) is 0 Å². The van der Waals surface area contributed by atoms with Gasteiger partial charge < -0.3 is 5.11 Å². The Hall–Kier alpha value is -0.860. The molecule has 2 unspecified atom stereocenters. The van der Waals surface area contributed by atoms with Crippen molar-refractivity contribution in [2.45, 2.75) is 44.2 Å². The monoisotopic (exact) mass is 243 g/mol. The highest BCUT2D eigenvalue weighted by Crippen LogP contribution is 2.50. The zero-order chi connectivity index (χ0) is 12.2. The zero-order valence-electron chi connectivity index (χ0n) is 10.8. The van der Waals surface area contributed by atoms with Crippen LogP contribution < -0.4 is 0 Å². The highest BCUT2D eigenvalue weighted by atomic mass is 16.3. The van der Waals surface area contributed by atoms with E-state index in [4.69, 9.17) is 0 Å². The third-order valence-electron chi connectivity index (χ3n) is 5.52. The third kappa shape index (κ3) is 1.49. The summed E-state index contributed by atoms with van der Waals surface area (Å²) in [5.41, 5.74) is 3.15. The Balaban J connectivity index is 1.54. The predicted molar refractivity (Wildman–Crippen MR) is 71.4 cm³/mol. The molecule has 0 radical (unpaired) electrons. The van der Waals surface area contributed by atoms with E-state index in [0.29, 0.717) is 11.5 Å². The van der Waals surface area contributed by atoms with Gasteiger partial charge in [-0.25, -0.2) is 0 Å². The van der Waals surface area contributed by atoms with Crippen LogP contribution in [0, 0.1) is 5.41 Å². The molecule has 1 saturated heterocycles. The molecule has 18 heavy (non-hydrogen) atoms. The van der Waals surface area contributed by atoms with Crippen molar-refractivity contribution in [3.05, 3.63) is 35.4 Å². The summed E-state index contributed by atoms with van der Waals surface area (Å²) < 4.78 is 0. The van der Waals surface area contributed by atoms with E-state index < -0.39 is 0 Å². The SMILES string of the molecule is OC1c2ccccc2CC1N1CCC2(CCC2)C1. The third-order valence-corrected chi connectivity index (χ3v) is 5.52. The number of benzene rings is 1. The van der Waals surface area contributed by atoms with E-state index in [9.17, 15) is 5.11 Å². The van der Waals surface area contributed by atoms with Crippen molar-refractivity contribution in [2.75, 3.05) is 13.1 Å². The van der Waals surface area contributed by atoms with Gasteiger partial charge >= 0.3 is 0 Å². The van der Waals surface area contributed by atoms with Gasteiger partial charge in [-0.2, -0.15) is 0 Å². The average Bonchev–Trinajstić information content (AvgIpc) is 2.92. The summed E-state index contributed by atoms with van der Waals surface area (Å²) >= 11 is 0. The van der Waals surface area contributed by atoms with E-state index in [1.165, 1.54) is 44.3 Å². The van der Waals surface area contributed by atoms with Crippen molar-refractivity contribution >= 4 is 0 Å². The van der Waals surface area contributed by atoms with E-state index in [2.05, 4.69) is 23.1 Å². The summed E-state index contributed by atoms with van der Waals surface area (Å²) in [6.07, 6.45) is 6.37. The summed E-state index contributed by atoms with van der Waals surface area (Å²) in [5.74, 6) is 0. The van der Waals surface area contributed by atoms with Crippen molar-refractivity contribution in [2.24, 2.45) is 5.41 Å². The fourth-order valence-electron chi connectivity index (χ4n) is 4.22. The van der Waals surface area contributed by atoms with Gasteiger partial charge in [-0.1, -0.05) is 30.7 Å². The van der Waals surface area contributed by atoms with Crippen LogP contribution in [0.15, 0.2) is 24.3 Å². The predicted octanol–water partition coefficient (Wildman–Crippen LogP) is 2.52. The minimum absolute atomic E-state index is 0.267. The molecule has 1 N–H and O–H groups in total. The van der Waals surface area contributed by atoms with Crippen molar-refractivity contribution < 1.29 is 5.11 Å². The second-order valence-electron chi connectivity index (χ2n) is 6.49. The maximum absolute atomic E-state index is 10.5. The number of nitrogens with zero attached hydrogens (tertiary/aromatic N) is 1. The van der Waals surface area contributed by atoms with Gasteiger partial charge in [0.1, 0.15) is 0 Å². The number of likely N-dealkylation sites (tertiary alicyclic amines) is 1. The molecule has 1 spiro atoms. The molecule has 2 heteroatoms. The number of aliphatic hydroxyl groups is 1. The fraction of sp³-hybridized carbons (Fsp3) is 0.625. The van der Waals surface area contributed by atoms with Crippen molar-refractivity contribution in [3.8, 4) is 0 Å². The molecule has 1 aromatic carbocycles. The highest BCUT2D eigenvalue weighted by Gasteiger charge is 2.46. The maximum atomic E-state index is 10.5. The van der Waals surface area contributed by atoms with Crippen molar-refractivity contribution in [1.82, 2.24) is 4.90 Å². The van der Waals surface area contributed by atoms with Crippen LogP contribution in [0.25, 0.3) is 0 Å². The largest absolute Gasteiger partial charge is 0.387 e. The number of hydrogen-bond acceptors (Lipinski definition) is 2. The molecule has 2 fully saturated rings. The van der Waals surface area contributed by atoms with Crippen LogP contribution in [0.1, 0.15) is 42.9 Å². The topological polar surface area (TPSA) is 23.5 Å². The lowest BCUT2D eigenvalue weighted by Gasteiger charge is -2.39. The molecule has 4 rings (SSSR count). The van der Waals surface area contributed by atoms with Gasteiger partial charge in [0.25, 0.3) is 0 Å². The van der Waals surface area contributed by atoms with E-state index in [1.807, 2.05) is 6.07 Å². The normalized spacial score (nSPS) is 33.6. The molecule has 1 aliphatic heterocycles. The molecule has 2 aliphatic carbocycles. The first-order valence-corrected chi connectivity index (χ1v) is 7.27. The Morgan fingerprint density at radius 3 is 2.67 bits per heavy atom. The zero-order valence-corrected chi connectivity index (χ0v) is 10.8. The summed E-state index contributed by atoms with van der Waals surface area (Å²) in [7, 11) is 0. The number of hydrogen-bond donors (Lipinski definition) is 1. The molecular formula is C16H21NO. The molecule has 1 aromatic rings. The van der Waals surface area contributed by atoms with Gasteiger partial charge in [0.05, 0.1) is 6.10 Å². The highest BCUT2D eigenvalue weighted by molar-refractivity contribution is 5.36. The smallest absolute Gasteiger partial charge is 0.0951 e. The van der Waals surface area contributed by atoms with E-state index >= 15 is 0 Å². The molecular weight excluding hydrogens is 222 g/mol. The summed E-state index contributed by atoms with van der Waals surface area (Å²) in [5, 5.41) is 10.5. The molecule has 1 saturated carbocycles. The lowest BCUT2D eigenvalue weighted by Crippen LogP contribution is -2.40. The minimum Gasteiger partial charge on any atom is -0.387 e. The Morgan fingerprint density at radius 2 is 2.00 bits per heavy atom. The van der Waals surface area contributed by atoms with Crippen LogP contribution in [-0.4, -0.2) is 29.1 Å². The summed E-state index contributed by atoms with van der Waals surface area (Å²) in [6.45, 7) is 2.42. The Labute approximate surface area is 109 Å². The molecule has 0 bridgehead atoms. The van der Waals surface area contributed by atoms with Crippen LogP contribution in [0.4, 0.5) is 0 Å². The Morgan fingerprint density at radius 1 is 1.17 bits per heavy atom. The van der Waals surface area contributed by atoms with Gasteiger partial charge in [-0.15, -0.1) is 0 Å². The van der Waals surface area contributed by atoms with Crippen LogP contribution in [0.5, 0.6) is 0 Å². The van der Waals surface area contributed by atoms with Gasteiger partial charge in [0.2, 0.25) is 0 Å². The van der Waals surface area contributed by atoms with E-state index in [-0.39, 0.29) is 6.10 Å². The summed E-state index contributed by atoms with van der Waals surface area (Å²) in [4.78, 5) is 2.56. The molecule has 1 heterocycles. The van der Waals surface area contributed by atoms with Gasteiger partial charge in [-0.05, 0) is 48.8 Å². The van der Waals surface area contributed by atoms with Gasteiger partial charge in [0, 0.05) is 12.6 Å². The Bertz CT molecular complexity index is 466. The van der Waals surface area contributed by atoms with Crippen LogP contribution >= 0.6 is 0 Å². The molecule has 96 valence electrons. The summed E-state index contributed by atoms with van der Waals surface area (Å²) in [6, 6.07) is 8.73. The quantitative estimate of drug-likeness (QED) is 0.819. The molecule has 3 aliphatic rings.